The molecule has 0 bridgehead atoms. The van der Waals surface area contributed by atoms with E-state index >= 15 is 0 Å². The number of nitrogens with one attached hydrogen (secondary N) is 1. The van der Waals surface area contributed by atoms with E-state index in [9.17, 15) is 18.0 Å². The van der Waals surface area contributed by atoms with Crippen molar-refractivity contribution in [1.82, 2.24) is 10.2 Å². The molecule has 10 heteroatoms. The standard InChI is InChI=1S/C37H39BrClN3O4S/c1-27-20-21-32(24-34(27)39)42(47(45,46)33-18-9-4-10-19-33)26-36(43)41(25-29-14-11-15-30(38)22-29)35(23-28-12-5-2-6-13-28)37(44)40-31-16-7-3-8-17-31/h2,4-6,9-15,18-22,24,31,35H,3,7-8,16-17,23,25-26H2,1H3,(H,40,44). The molecule has 7 nitrogen and oxygen atoms in total. The number of benzene rings is 4. The van der Waals surface area contributed by atoms with Crippen molar-refractivity contribution in [3.05, 3.63) is 129 Å². The Morgan fingerprint density at radius 1 is 0.872 bits per heavy atom. The van der Waals surface area contributed by atoms with Gasteiger partial charge in [0.15, 0.2) is 0 Å². The second-order valence-corrected chi connectivity index (χ2v) is 15.1. The van der Waals surface area contributed by atoms with E-state index in [-0.39, 0.29) is 35.5 Å². The van der Waals surface area contributed by atoms with E-state index in [0.29, 0.717) is 5.02 Å². The fourth-order valence-corrected chi connectivity index (χ4v) is 7.96. The molecule has 0 saturated heterocycles. The van der Waals surface area contributed by atoms with Crippen LogP contribution >= 0.6 is 27.5 Å². The topological polar surface area (TPSA) is 86.8 Å². The van der Waals surface area contributed by atoms with Crippen molar-refractivity contribution in [2.75, 3.05) is 10.8 Å². The van der Waals surface area contributed by atoms with Gasteiger partial charge in [0.05, 0.1) is 10.6 Å². The monoisotopic (exact) mass is 735 g/mol. The van der Waals surface area contributed by atoms with Crippen LogP contribution < -0.4 is 9.62 Å². The van der Waals surface area contributed by atoms with E-state index in [0.717, 1.165) is 57.6 Å². The van der Waals surface area contributed by atoms with Gasteiger partial charge in [-0.15, -0.1) is 0 Å². The first-order chi connectivity index (χ1) is 22.6. The average molecular weight is 737 g/mol. The third-order valence-electron chi connectivity index (χ3n) is 8.52. The van der Waals surface area contributed by atoms with E-state index in [1.807, 2.05) is 61.5 Å². The Morgan fingerprint density at radius 3 is 2.19 bits per heavy atom. The van der Waals surface area contributed by atoms with Crippen molar-refractivity contribution in [2.45, 2.75) is 69.0 Å². The molecule has 1 N–H and O–H groups in total. The number of halogens is 2. The molecule has 4 aromatic carbocycles. The van der Waals surface area contributed by atoms with Gasteiger partial charge in [0.25, 0.3) is 10.0 Å². The minimum absolute atomic E-state index is 0.0296. The zero-order chi connectivity index (χ0) is 33.4. The molecule has 5 rings (SSSR count). The third-order valence-corrected chi connectivity index (χ3v) is 11.2. The number of carbonyl (C=O) groups is 2. The summed E-state index contributed by atoms with van der Waals surface area (Å²) in [5.41, 5.74) is 2.72. The molecule has 246 valence electrons. The Morgan fingerprint density at radius 2 is 1.53 bits per heavy atom. The first-order valence-electron chi connectivity index (χ1n) is 15.8. The molecule has 1 aliphatic rings. The second kappa shape index (κ2) is 16.0. The van der Waals surface area contributed by atoms with Crippen LogP contribution in [0.15, 0.2) is 112 Å². The van der Waals surface area contributed by atoms with Crippen molar-refractivity contribution < 1.29 is 18.0 Å². The van der Waals surface area contributed by atoms with Crippen molar-refractivity contribution in [3.8, 4) is 0 Å². The van der Waals surface area contributed by atoms with E-state index < -0.39 is 28.5 Å². The van der Waals surface area contributed by atoms with Crippen molar-refractivity contribution in [2.24, 2.45) is 0 Å². The normalized spacial score (nSPS) is 14.3. The number of aryl methyl sites for hydroxylation is 1. The van der Waals surface area contributed by atoms with Gasteiger partial charge in [-0.1, -0.05) is 114 Å². The minimum atomic E-state index is -4.20. The zero-order valence-electron chi connectivity index (χ0n) is 26.3. The molecule has 0 heterocycles. The fraction of sp³-hybridized carbons (Fsp3) is 0.297. The smallest absolute Gasteiger partial charge is 0.264 e. The molecule has 2 amide bonds. The quantitative estimate of drug-likeness (QED) is 0.162. The summed E-state index contributed by atoms with van der Waals surface area (Å²) in [7, 11) is -4.20. The largest absolute Gasteiger partial charge is 0.352 e. The number of sulfonamides is 1. The summed E-state index contributed by atoms with van der Waals surface area (Å²) in [4.78, 5) is 30.4. The van der Waals surface area contributed by atoms with Gasteiger partial charge in [0.2, 0.25) is 11.8 Å². The molecule has 0 spiro atoms. The van der Waals surface area contributed by atoms with Crippen LogP contribution in [0.25, 0.3) is 0 Å². The predicted molar refractivity (Wildman–Crippen MR) is 191 cm³/mol. The molecule has 0 radical (unpaired) electrons. The van der Waals surface area contributed by atoms with Crippen LogP contribution in [0.2, 0.25) is 5.02 Å². The van der Waals surface area contributed by atoms with E-state index in [4.69, 9.17) is 11.6 Å². The van der Waals surface area contributed by atoms with Gasteiger partial charge in [-0.2, -0.15) is 0 Å². The molecule has 1 unspecified atom stereocenters. The Bertz CT molecular complexity index is 1780. The van der Waals surface area contributed by atoms with E-state index in [1.54, 1.807) is 36.4 Å². The third kappa shape index (κ3) is 9.03. The minimum Gasteiger partial charge on any atom is -0.352 e. The lowest BCUT2D eigenvalue weighted by Crippen LogP contribution is -2.55. The lowest BCUT2D eigenvalue weighted by Gasteiger charge is -2.35. The summed E-state index contributed by atoms with van der Waals surface area (Å²) in [6, 6.07) is 29.2. The van der Waals surface area contributed by atoms with Crippen LogP contribution in [0.4, 0.5) is 5.69 Å². The van der Waals surface area contributed by atoms with Crippen molar-refractivity contribution >= 4 is 55.1 Å². The Balaban J connectivity index is 1.57. The second-order valence-electron chi connectivity index (χ2n) is 12.0. The van der Waals surface area contributed by atoms with Gasteiger partial charge in [-0.25, -0.2) is 8.42 Å². The number of nitrogens with zero attached hydrogens (tertiary/aromatic N) is 2. The van der Waals surface area contributed by atoms with Gasteiger partial charge >= 0.3 is 0 Å². The molecule has 4 aromatic rings. The van der Waals surface area contributed by atoms with E-state index in [1.165, 1.54) is 17.0 Å². The van der Waals surface area contributed by atoms with Crippen LogP contribution in [0.3, 0.4) is 0 Å². The number of amides is 2. The van der Waals surface area contributed by atoms with Gasteiger partial charge in [0.1, 0.15) is 12.6 Å². The van der Waals surface area contributed by atoms with Crippen LogP contribution in [-0.2, 0) is 32.6 Å². The highest BCUT2D eigenvalue weighted by molar-refractivity contribution is 9.10. The molecule has 0 aliphatic heterocycles. The van der Waals surface area contributed by atoms with E-state index in [2.05, 4.69) is 21.2 Å². The Labute approximate surface area is 291 Å². The highest BCUT2D eigenvalue weighted by atomic mass is 79.9. The van der Waals surface area contributed by atoms with Gasteiger partial charge < -0.3 is 10.2 Å². The lowest BCUT2D eigenvalue weighted by molar-refractivity contribution is -0.140. The SMILES string of the molecule is Cc1ccc(N(CC(=O)N(Cc2cccc(Br)c2)C(Cc2ccccc2)C(=O)NC2CCCCC2)S(=O)(=O)c2ccccc2)cc1Cl. The fourth-order valence-electron chi connectivity index (χ4n) is 5.92. The summed E-state index contributed by atoms with van der Waals surface area (Å²) in [6.45, 7) is 1.39. The average Bonchev–Trinajstić information content (AvgIpc) is 3.07. The molecule has 1 atom stereocenters. The lowest BCUT2D eigenvalue weighted by atomic mass is 9.94. The maximum absolute atomic E-state index is 14.7. The zero-order valence-corrected chi connectivity index (χ0v) is 29.5. The van der Waals surface area contributed by atoms with Crippen molar-refractivity contribution in [1.29, 1.82) is 0 Å². The molecule has 1 saturated carbocycles. The van der Waals surface area contributed by atoms with Crippen LogP contribution in [0.5, 0.6) is 0 Å². The molecular weight excluding hydrogens is 698 g/mol. The summed E-state index contributed by atoms with van der Waals surface area (Å²) in [5, 5.41) is 3.61. The Kier molecular flexibility index (Phi) is 11.8. The Hall–Kier alpha value is -3.66. The molecule has 0 aromatic heterocycles. The first-order valence-corrected chi connectivity index (χ1v) is 18.4. The summed E-state index contributed by atoms with van der Waals surface area (Å²) < 4.78 is 30.3. The van der Waals surface area contributed by atoms with Gasteiger partial charge in [-0.05, 0) is 72.9 Å². The molecule has 1 fully saturated rings. The first kappa shape index (κ1) is 34.7. The maximum atomic E-state index is 14.7. The number of rotatable bonds is 12. The molecular formula is C37H39BrClN3O4S. The number of hydrogen-bond donors (Lipinski definition) is 1. The summed E-state index contributed by atoms with van der Waals surface area (Å²) >= 11 is 10.0. The predicted octanol–water partition coefficient (Wildman–Crippen LogP) is 7.70. The van der Waals surface area contributed by atoms with Crippen molar-refractivity contribution in [3.63, 3.8) is 0 Å². The highest BCUT2D eigenvalue weighted by Crippen LogP contribution is 2.29. The number of hydrogen-bond acceptors (Lipinski definition) is 4. The van der Waals surface area contributed by atoms with Crippen LogP contribution in [0, 0.1) is 6.92 Å². The highest BCUT2D eigenvalue weighted by Gasteiger charge is 2.35. The van der Waals surface area contributed by atoms with Gasteiger partial charge in [0, 0.05) is 28.5 Å². The number of carbonyl (C=O) groups excluding carboxylic acids is 2. The molecule has 1 aliphatic carbocycles. The van der Waals surface area contributed by atoms with Gasteiger partial charge in [-0.3, -0.25) is 13.9 Å². The number of anilines is 1. The van der Waals surface area contributed by atoms with Crippen LogP contribution in [-0.4, -0.2) is 43.8 Å². The summed E-state index contributed by atoms with van der Waals surface area (Å²) in [5.74, 6) is -0.763. The maximum Gasteiger partial charge on any atom is 0.264 e. The molecule has 47 heavy (non-hydrogen) atoms. The van der Waals surface area contributed by atoms with Crippen LogP contribution in [0.1, 0.15) is 48.8 Å². The summed E-state index contributed by atoms with van der Waals surface area (Å²) in [6.07, 6.45) is 5.27.